The molecule has 33 heavy (non-hydrogen) atoms. The van der Waals surface area contributed by atoms with Gasteiger partial charge in [-0.25, -0.2) is 14.5 Å². The average molecular weight is 450 g/mol. The summed E-state index contributed by atoms with van der Waals surface area (Å²) >= 11 is 0. The number of aromatic nitrogens is 3. The van der Waals surface area contributed by atoms with Crippen molar-refractivity contribution in [3.05, 3.63) is 47.8 Å². The van der Waals surface area contributed by atoms with Crippen molar-refractivity contribution < 1.29 is 14.6 Å². The van der Waals surface area contributed by atoms with Crippen LogP contribution in [-0.4, -0.2) is 82.0 Å². The number of piperazine rings is 1. The first kappa shape index (κ1) is 21.9. The quantitative estimate of drug-likeness (QED) is 0.528. The van der Waals surface area contributed by atoms with Gasteiger partial charge in [0.15, 0.2) is 11.3 Å². The molecular formula is C25H31N5O3. The highest BCUT2D eigenvalue weighted by Gasteiger charge is 2.29. The molecule has 3 heterocycles. The molecule has 2 aliphatic rings. The maximum atomic E-state index is 11.9. The van der Waals surface area contributed by atoms with Crippen LogP contribution in [0.4, 0.5) is 0 Å². The van der Waals surface area contributed by atoms with Crippen LogP contribution in [0.5, 0.6) is 5.75 Å². The maximum absolute atomic E-state index is 11.9. The summed E-state index contributed by atoms with van der Waals surface area (Å²) in [6.45, 7) is 5.86. The molecule has 8 nitrogen and oxygen atoms in total. The Morgan fingerprint density at radius 2 is 1.91 bits per heavy atom. The van der Waals surface area contributed by atoms with Crippen molar-refractivity contribution >= 4 is 17.0 Å². The van der Waals surface area contributed by atoms with Crippen LogP contribution in [0.1, 0.15) is 47.8 Å². The smallest absolute Gasteiger partial charge is 0.354 e. The summed E-state index contributed by atoms with van der Waals surface area (Å²) in [5.74, 6) is -0.118. The minimum Gasteiger partial charge on any atom is -0.493 e. The zero-order valence-electron chi connectivity index (χ0n) is 19.1. The summed E-state index contributed by atoms with van der Waals surface area (Å²) in [6.07, 6.45) is 4.25. The van der Waals surface area contributed by atoms with Gasteiger partial charge in [-0.3, -0.25) is 0 Å². The van der Waals surface area contributed by atoms with E-state index in [0.29, 0.717) is 23.9 Å². The lowest BCUT2D eigenvalue weighted by Crippen LogP contribution is -2.44. The Balaban J connectivity index is 1.45. The Labute approximate surface area is 193 Å². The zero-order valence-corrected chi connectivity index (χ0v) is 19.1. The Morgan fingerprint density at radius 1 is 1.15 bits per heavy atom. The largest absolute Gasteiger partial charge is 0.493 e. The number of para-hydroxylation sites is 1. The highest BCUT2D eigenvalue weighted by Crippen LogP contribution is 2.42. The molecule has 5 rings (SSSR count). The second kappa shape index (κ2) is 9.49. The summed E-state index contributed by atoms with van der Waals surface area (Å²) < 4.78 is 8.01. The molecule has 1 aromatic carbocycles. The highest BCUT2D eigenvalue weighted by atomic mass is 16.5. The Hall–Kier alpha value is -2.97. The molecule has 3 aromatic rings. The van der Waals surface area contributed by atoms with Crippen molar-refractivity contribution in [2.24, 2.45) is 0 Å². The fraction of sp³-hybridized carbons (Fsp3) is 0.480. The van der Waals surface area contributed by atoms with Crippen LogP contribution in [0, 0.1) is 0 Å². The topological polar surface area (TPSA) is 83.7 Å². The molecule has 0 spiro atoms. The number of benzene rings is 1. The first-order valence-electron chi connectivity index (χ1n) is 11.9. The van der Waals surface area contributed by atoms with E-state index in [1.165, 1.54) is 6.42 Å². The van der Waals surface area contributed by atoms with Gasteiger partial charge in [-0.2, -0.15) is 5.10 Å². The summed E-state index contributed by atoms with van der Waals surface area (Å²) in [4.78, 5) is 21.2. The lowest BCUT2D eigenvalue weighted by Gasteiger charge is -2.32. The molecule has 0 atom stereocenters. The van der Waals surface area contributed by atoms with E-state index in [1.807, 2.05) is 30.3 Å². The van der Waals surface area contributed by atoms with Crippen LogP contribution < -0.4 is 4.74 Å². The van der Waals surface area contributed by atoms with Crippen LogP contribution in [0.15, 0.2) is 36.4 Å². The number of rotatable bonds is 8. The fourth-order valence-electron chi connectivity index (χ4n) is 4.59. The van der Waals surface area contributed by atoms with Gasteiger partial charge in [0, 0.05) is 44.7 Å². The van der Waals surface area contributed by atoms with Crippen molar-refractivity contribution in [1.29, 1.82) is 0 Å². The molecule has 1 aliphatic carbocycles. The summed E-state index contributed by atoms with van der Waals surface area (Å²) in [7, 11) is 2.16. The van der Waals surface area contributed by atoms with Gasteiger partial charge < -0.3 is 19.6 Å². The molecule has 8 heteroatoms. The van der Waals surface area contributed by atoms with Crippen LogP contribution in [0.2, 0.25) is 0 Å². The van der Waals surface area contributed by atoms with Crippen molar-refractivity contribution in [2.75, 3.05) is 46.4 Å². The SMILES string of the molecule is CN1CCN(CCCOc2cc(C(=O)O)nc3c2c(C2CCC2)nn3-c2ccccc2)CC1. The van der Waals surface area contributed by atoms with E-state index in [1.54, 1.807) is 10.7 Å². The number of fused-ring (bicyclic) bond motifs is 1. The molecule has 0 radical (unpaired) electrons. The van der Waals surface area contributed by atoms with Gasteiger partial charge in [-0.05, 0) is 38.4 Å². The number of carboxylic acids is 1. The number of aromatic carboxylic acids is 1. The van der Waals surface area contributed by atoms with Crippen LogP contribution in [0.25, 0.3) is 16.7 Å². The molecule has 1 saturated carbocycles. The van der Waals surface area contributed by atoms with Gasteiger partial charge >= 0.3 is 5.97 Å². The normalized spacial score (nSPS) is 17.8. The highest BCUT2D eigenvalue weighted by molar-refractivity contribution is 5.94. The first-order valence-corrected chi connectivity index (χ1v) is 11.9. The van der Waals surface area contributed by atoms with Crippen molar-refractivity contribution in [2.45, 2.75) is 31.6 Å². The van der Waals surface area contributed by atoms with E-state index >= 15 is 0 Å². The van der Waals surface area contributed by atoms with Crippen LogP contribution in [-0.2, 0) is 0 Å². The molecule has 1 aliphatic heterocycles. The minimum atomic E-state index is -1.06. The van der Waals surface area contributed by atoms with E-state index in [-0.39, 0.29) is 5.69 Å². The van der Waals surface area contributed by atoms with Crippen molar-refractivity contribution in [3.8, 4) is 11.4 Å². The lowest BCUT2D eigenvalue weighted by atomic mass is 9.82. The molecule has 174 valence electrons. The third-order valence-corrected chi connectivity index (χ3v) is 6.81. The molecular weight excluding hydrogens is 418 g/mol. The summed E-state index contributed by atoms with van der Waals surface area (Å²) in [5.41, 5.74) is 2.37. The average Bonchev–Trinajstić information content (AvgIpc) is 3.16. The molecule has 2 aromatic heterocycles. The second-order valence-electron chi connectivity index (χ2n) is 9.12. The molecule has 1 N–H and O–H groups in total. The van der Waals surface area contributed by atoms with Crippen LogP contribution >= 0.6 is 0 Å². The van der Waals surface area contributed by atoms with E-state index in [0.717, 1.165) is 68.8 Å². The van der Waals surface area contributed by atoms with Crippen molar-refractivity contribution in [3.63, 3.8) is 0 Å². The number of likely N-dealkylation sites (N-methyl/N-ethyl adjacent to an activating group) is 1. The second-order valence-corrected chi connectivity index (χ2v) is 9.12. The van der Waals surface area contributed by atoms with E-state index in [4.69, 9.17) is 9.84 Å². The van der Waals surface area contributed by atoms with E-state index in [9.17, 15) is 9.90 Å². The number of carboxylic acid groups (broad SMARTS) is 1. The van der Waals surface area contributed by atoms with E-state index in [2.05, 4.69) is 21.8 Å². The number of carbonyl (C=O) groups is 1. The minimum absolute atomic E-state index is 0.0196. The van der Waals surface area contributed by atoms with Crippen molar-refractivity contribution in [1.82, 2.24) is 24.6 Å². The molecule has 0 bridgehead atoms. The van der Waals surface area contributed by atoms with Gasteiger partial charge in [0.25, 0.3) is 0 Å². The van der Waals surface area contributed by atoms with Gasteiger partial charge in [-0.15, -0.1) is 0 Å². The molecule has 0 unspecified atom stereocenters. The first-order chi connectivity index (χ1) is 16.1. The molecule has 2 fully saturated rings. The Kier molecular flexibility index (Phi) is 6.28. The van der Waals surface area contributed by atoms with Gasteiger partial charge in [0.2, 0.25) is 0 Å². The number of pyridine rings is 1. The third kappa shape index (κ3) is 4.58. The standard InChI is InChI=1S/C25H31N5O3/c1-28-12-14-29(15-13-28)11-6-16-33-21-17-20(25(31)32)26-24-22(21)23(18-7-5-8-18)27-30(24)19-9-3-2-4-10-19/h2-4,9-10,17-18H,5-8,11-16H2,1H3,(H,31,32). The van der Waals surface area contributed by atoms with E-state index < -0.39 is 5.97 Å². The summed E-state index contributed by atoms with van der Waals surface area (Å²) in [5, 5.41) is 15.5. The molecule has 0 amide bonds. The number of hydrogen-bond donors (Lipinski definition) is 1. The Bertz CT molecular complexity index is 1120. The Morgan fingerprint density at radius 3 is 2.58 bits per heavy atom. The zero-order chi connectivity index (χ0) is 22.8. The summed E-state index contributed by atoms with van der Waals surface area (Å²) in [6, 6.07) is 11.3. The lowest BCUT2D eigenvalue weighted by molar-refractivity contribution is 0.0690. The predicted molar refractivity (Wildman–Crippen MR) is 126 cm³/mol. The third-order valence-electron chi connectivity index (χ3n) is 6.81. The predicted octanol–water partition coefficient (Wildman–Crippen LogP) is 3.40. The molecule has 1 saturated heterocycles. The van der Waals surface area contributed by atoms with Gasteiger partial charge in [0.05, 0.1) is 23.4 Å². The van der Waals surface area contributed by atoms with Crippen LogP contribution in [0.3, 0.4) is 0 Å². The van der Waals surface area contributed by atoms with Gasteiger partial charge in [-0.1, -0.05) is 24.6 Å². The number of hydrogen-bond acceptors (Lipinski definition) is 6. The monoisotopic (exact) mass is 449 g/mol. The fourth-order valence-corrected chi connectivity index (χ4v) is 4.59. The number of nitrogens with zero attached hydrogens (tertiary/aromatic N) is 5. The number of ether oxygens (including phenoxy) is 1. The maximum Gasteiger partial charge on any atom is 0.354 e. The van der Waals surface area contributed by atoms with Gasteiger partial charge in [0.1, 0.15) is 5.75 Å².